The Morgan fingerprint density at radius 1 is 1.07 bits per heavy atom. The van der Waals surface area contributed by atoms with Crippen molar-refractivity contribution in [1.82, 2.24) is 15.1 Å². The number of hydrogen-bond acceptors (Lipinski definition) is 3. The van der Waals surface area contributed by atoms with Crippen LogP contribution < -0.4 is 5.32 Å². The maximum absolute atomic E-state index is 14.0. The molecule has 1 aliphatic heterocycles. The van der Waals surface area contributed by atoms with Crippen LogP contribution in [0.2, 0.25) is 5.02 Å². The molecule has 0 saturated carbocycles. The van der Waals surface area contributed by atoms with Crippen LogP contribution in [0.1, 0.15) is 44.5 Å². The third-order valence-electron chi connectivity index (χ3n) is 4.88. The fourth-order valence-electron chi connectivity index (χ4n) is 3.28. The van der Waals surface area contributed by atoms with E-state index in [1.54, 1.807) is 4.90 Å². The fraction of sp³-hybridized carbons (Fsp3) is 0.571. The zero-order chi connectivity index (χ0) is 21.7. The molecule has 2 rings (SSSR count). The third kappa shape index (κ3) is 6.16. The smallest absolute Gasteiger partial charge is 0.257 e. The minimum absolute atomic E-state index is 0.0566. The van der Waals surface area contributed by atoms with Crippen LogP contribution >= 0.6 is 11.6 Å². The van der Waals surface area contributed by atoms with Crippen LogP contribution in [-0.2, 0) is 9.59 Å². The van der Waals surface area contributed by atoms with Crippen LogP contribution in [0.3, 0.4) is 0 Å². The van der Waals surface area contributed by atoms with Crippen molar-refractivity contribution in [2.75, 3.05) is 26.2 Å². The summed E-state index contributed by atoms with van der Waals surface area (Å²) in [4.78, 5) is 40.8. The molecular formula is C21H29ClFN3O3. The number of amides is 3. The van der Waals surface area contributed by atoms with Crippen molar-refractivity contribution in [1.29, 1.82) is 0 Å². The second kappa shape index (κ2) is 10.1. The fourth-order valence-corrected chi connectivity index (χ4v) is 3.45. The Kier molecular flexibility index (Phi) is 8.02. The number of rotatable bonds is 6. The van der Waals surface area contributed by atoms with Crippen molar-refractivity contribution in [3.8, 4) is 0 Å². The molecule has 1 N–H and O–H groups in total. The highest BCUT2D eigenvalue weighted by Gasteiger charge is 2.32. The summed E-state index contributed by atoms with van der Waals surface area (Å²) in [5.74, 6) is -1.21. The first-order valence-electron chi connectivity index (χ1n) is 9.92. The summed E-state index contributed by atoms with van der Waals surface area (Å²) in [7, 11) is 0. The van der Waals surface area contributed by atoms with E-state index < -0.39 is 17.8 Å². The van der Waals surface area contributed by atoms with E-state index in [1.807, 2.05) is 27.7 Å². The lowest BCUT2D eigenvalue weighted by Crippen LogP contribution is -2.57. The molecule has 1 aliphatic rings. The average Bonchev–Trinajstić information content (AvgIpc) is 2.66. The standard InChI is InChI=1S/C21H29ClFN3O3/c1-13(2)11-18(27)24-19(14(3)4)21(29)26-9-7-25(8-10-26)20(28)16-12-15(22)5-6-17(16)23/h5-6,12-14,19H,7-11H2,1-4H3,(H,24,27). The molecule has 1 heterocycles. The van der Waals surface area contributed by atoms with Gasteiger partial charge in [-0.1, -0.05) is 39.3 Å². The van der Waals surface area contributed by atoms with Gasteiger partial charge in [0.2, 0.25) is 11.8 Å². The number of carbonyl (C=O) groups is 3. The van der Waals surface area contributed by atoms with E-state index in [1.165, 1.54) is 23.1 Å². The van der Waals surface area contributed by atoms with Gasteiger partial charge in [-0.15, -0.1) is 0 Å². The maximum Gasteiger partial charge on any atom is 0.257 e. The van der Waals surface area contributed by atoms with Crippen molar-refractivity contribution in [3.05, 3.63) is 34.6 Å². The van der Waals surface area contributed by atoms with Crippen LogP contribution in [0.25, 0.3) is 0 Å². The summed E-state index contributed by atoms with van der Waals surface area (Å²) in [6.45, 7) is 8.92. The average molecular weight is 426 g/mol. The number of piperazine rings is 1. The Morgan fingerprint density at radius 3 is 2.21 bits per heavy atom. The molecule has 29 heavy (non-hydrogen) atoms. The quantitative estimate of drug-likeness (QED) is 0.761. The molecule has 0 aromatic heterocycles. The highest BCUT2D eigenvalue weighted by Crippen LogP contribution is 2.18. The molecule has 1 unspecified atom stereocenters. The molecule has 0 bridgehead atoms. The lowest BCUT2D eigenvalue weighted by atomic mass is 10.0. The molecule has 8 heteroatoms. The van der Waals surface area contributed by atoms with Gasteiger partial charge < -0.3 is 15.1 Å². The Hall–Kier alpha value is -2.15. The predicted octanol–water partition coefficient (Wildman–Crippen LogP) is 2.95. The molecule has 6 nitrogen and oxygen atoms in total. The van der Waals surface area contributed by atoms with Crippen LogP contribution in [0.15, 0.2) is 18.2 Å². The third-order valence-corrected chi connectivity index (χ3v) is 5.12. The number of halogens is 2. The number of nitrogens with zero attached hydrogens (tertiary/aromatic N) is 2. The van der Waals surface area contributed by atoms with E-state index in [0.29, 0.717) is 37.6 Å². The van der Waals surface area contributed by atoms with Gasteiger partial charge in [0, 0.05) is 37.6 Å². The summed E-state index contributed by atoms with van der Waals surface area (Å²) in [5, 5.41) is 3.14. The SMILES string of the molecule is CC(C)CC(=O)NC(C(=O)N1CCN(C(=O)c2cc(Cl)ccc2F)CC1)C(C)C. The van der Waals surface area contributed by atoms with Gasteiger partial charge in [0.25, 0.3) is 5.91 Å². The summed E-state index contributed by atoms with van der Waals surface area (Å²) >= 11 is 5.88. The van der Waals surface area contributed by atoms with E-state index in [9.17, 15) is 18.8 Å². The highest BCUT2D eigenvalue weighted by atomic mass is 35.5. The molecule has 0 aliphatic carbocycles. The highest BCUT2D eigenvalue weighted by molar-refractivity contribution is 6.31. The summed E-state index contributed by atoms with van der Waals surface area (Å²) in [5.41, 5.74) is -0.0710. The van der Waals surface area contributed by atoms with E-state index in [0.717, 1.165) is 0 Å². The normalized spacial score (nSPS) is 15.6. The molecule has 0 radical (unpaired) electrons. The lowest BCUT2D eigenvalue weighted by molar-refractivity contribution is -0.139. The van der Waals surface area contributed by atoms with Gasteiger partial charge in [0.05, 0.1) is 5.56 Å². The molecule has 1 aromatic carbocycles. The van der Waals surface area contributed by atoms with Crippen molar-refractivity contribution in [2.24, 2.45) is 11.8 Å². The van der Waals surface area contributed by atoms with Gasteiger partial charge in [-0.05, 0) is 30.0 Å². The van der Waals surface area contributed by atoms with Gasteiger partial charge >= 0.3 is 0 Å². The first-order valence-corrected chi connectivity index (χ1v) is 10.3. The van der Waals surface area contributed by atoms with E-state index >= 15 is 0 Å². The van der Waals surface area contributed by atoms with E-state index in [4.69, 9.17) is 11.6 Å². The van der Waals surface area contributed by atoms with Gasteiger partial charge in [-0.25, -0.2) is 4.39 Å². The molecule has 160 valence electrons. The molecule has 1 atom stereocenters. The topological polar surface area (TPSA) is 69.7 Å². The Bertz CT molecular complexity index is 762. The number of carbonyl (C=O) groups excluding carboxylic acids is 3. The zero-order valence-corrected chi connectivity index (χ0v) is 18.1. The summed E-state index contributed by atoms with van der Waals surface area (Å²) < 4.78 is 14.0. The summed E-state index contributed by atoms with van der Waals surface area (Å²) in [6.07, 6.45) is 0.365. The van der Waals surface area contributed by atoms with Crippen molar-refractivity contribution in [3.63, 3.8) is 0 Å². The molecule has 1 fully saturated rings. The molecule has 0 spiro atoms. The number of benzene rings is 1. The van der Waals surface area contributed by atoms with Gasteiger partial charge in [0.15, 0.2) is 0 Å². The van der Waals surface area contributed by atoms with Crippen molar-refractivity contribution >= 4 is 29.3 Å². The molecule has 3 amide bonds. The largest absolute Gasteiger partial charge is 0.344 e. The Morgan fingerprint density at radius 2 is 1.66 bits per heavy atom. The first-order chi connectivity index (χ1) is 13.6. The monoisotopic (exact) mass is 425 g/mol. The van der Waals surface area contributed by atoms with Crippen molar-refractivity contribution < 1.29 is 18.8 Å². The zero-order valence-electron chi connectivity index (χ0n) is 17.4. The second-order valence-corrected chi connectivity index (χ2v) is 8.57. The first kappa shape index (κ1) is 23.1. The number of nitrogens with one attached hydrogen (secondary N) is 1. The Labute approximate surface area is 176 Å². The molecular weight excluding hydrogens is 397 g/mol. The van der Waals surface area contributed by atoms with Crippen LogP contribution in [0.5, 0.6) is 0 Å². The van der Waals surface area contributed by atoms with Crippen molar-refractivity contribution in [2.45, 2.75) is 40.2 Å². The maximum atomic E-state index is 14.0. The van der Waals surface area contributed by atoms with E-state index in [2.05, 4.69) is 5.32 Å². The van der Waals surface area contributed by atoms with Crippen LogP contribution in [0.4, 0.5) is 4.39 Å². The van der Waals surface area contributed by atoms with Crippen LogP contribution in [0, 0.1) is 17.7 Å². The lowest BCUT2D eigenvalue weighted by Gasteiger charge is -2.37. The molecule has 1 saturated heterocycles. The van der Waals surface area contributed by atoms with E-state index in [-0.39, 0.29) is 29.2 Å². The Balaban J connectivity index is 1.99. The second-order valence-electron chi connectivity index (χ2n) is 8.13. The summed E-state index contributed by atoms with van der Waals surface area (Å²) in [6, 6.07) is 3.27. The minimum Gasteiger partial charge on any atom is -0.344 e. The van der Waals surface area contributed by atoms with Crippen LogP contribution in [-0.4, -0.2) is 59.7 Å². The van der Waals surface area contributed by atoms with Gasteiger partial charge in [-0.2, -0.15) is 0 Å². The van der Waals surface area contributed by atoms with Gasteiger partial charge in [0.1, 0.15) is 11.9 Å². The predicted molar refractivity (Wildman–Crippen MR) is 110 cm³/mol. The number of hydrogen-bond donors (Lipinski definition) is 1. The molecule has 1 aromatic rings. The minimum atomic E-state index is -0.620. The van der Waals surface area contributed by atoms with Gasteiger partial charge in [-0.3, -0.25) is 14.4 Å².